The molecule has 3 amide bonds. The summed E-state index contributed by atoms with van der Waals surface area (Å²) in [6, 6.07) is 6.88. The van der Waals surface area contributed by atoms with Crippen molar-refractivity contribution in [3.05, 3.63) is 65.7 Å². The molecule has 0 bridgehead atoms. The minimum Gasteiger partial charge on any atom is -0.467 e. The van der Waals surface area contributed by atoms with Crippen molar-refractivity contribution in [1.29, 1.82) is 0 Å². The number of hydrogen-bond acceptors (Lipinski definition) is 6. The highest BCUT2D eigenvalue weighted by Gasteiger charge is 2.40. The summed E-state index contributed by atoms with van der Waals surface area (Å²) in [7, 11) is 1.24. The monoisotopic (exact) mass is 524 g/mol. The molecule has 2 heterocycles. The predicted molar refractivity (Wildman–Crippen MR) is 136 cm³/mol. The maximum absolute atomic E-state index is 13.8. The first-order valence-electron chi connectivity index (χ1n) is 13.0. The number of carbonyl (C=O) groups is 4. The first-order chi connectivity index (χ1) is 18.4. The number of nitrogens with one attached hydrogen (secondary N) is 1. The fraction of sp³-hybridized carbons (Fsp3) is 0.464. The van der Waals surface area contributed by atoms with Gasteiger partial charge < -0.3 is 19.9 Å². The zero-order chi connectivity index (χ0) is 27.1. The fourth-order valence-electron chi connectivity index (χ4n) is 5.20. The normalized spacial score (nSPS) is 18.9. The molecule has 2 aromatic rings. The molecule has 1 aromatic carbocycles. The van der Waals surface area contributed by atoms with Crippen molar-refractivity contribution in [3.8, 4) is 0 Å². The third-order valence-electron chi connectivity index (χ3n) is 7.24. The average Bonchev–Trinajstić information content (AvgIpc) is 2.96. The SMILES string of the molecule is COC(=O)C(Cc1cccnc1)NC(=O)C1CN(C(=O)c2cccc(F)c2)CCN1C(=O)C1CCCCC1. The van der Waals surface area contributed by atoms with E-state index in [9.17, 15) is 23.6 Å². The lowest BCUT2D eigenvalue weighted by atomic mass is 9.87. The Morgan fingerprint density at radius 1 is 1.11 bits per heavy atom. The molecule has 0 radical (unpaired) electrons. The number of rotatable bonds is 7. The Morgan fingerprint density at radius 3 is 2.58 bits per heavy atom. The lowest BCUT2D eigenvalue weighted by Crippen LogP contribution is -2.63. The van der Waals surface area contributed by atoms with Crippen molar-refractivity contribution in [2.45, 2.75) is 50.6 Å². The molecule has 1 saturated carbocycles. The van der Waals surface area contributed by atoms with Crippen LogP contribution in [0.4, 0.5) is 4.39 Å². The van der Waals surface area contributed by atoms with E-state index in [-0.39, 0.29) is 43.4 Å². The first-order valence-corrected chi connectivity index (χ1v) is 13.0. The highest BCUT2D eigenvalue weighted by atomic mass is 19.1. The fourth-order valence-corrected chi connectivity index (χ4v) is 5.20. The van der Waals surface area contributed by atoms with Gasteiger partial charge in [0.25, 0.3) is 5.91 Å². The van der Waals surface area contributed by atoms with Gasteiger partial charge in [-0.1, -0.05) is 31.4 Å². The van der Waals surface area contributed by atoms with E-state index in [0.717, 1.165) is 43.7 Å². The van der Waals surface area contributed by atoms with E-state index < -0.39 is 35.7 Å². The van der Waals surface area contributed by atoms with Crippen molar-refractivity contribution >= 4 is 23.7 Å². The van der Waals surface area contributed by atoms with Gasteiger partial charge in [-0.3, -0.25) is 19.4 Å². The van der Waals surface area contributed by atoms with Crippen LogP contribution < -0.4 is 5.32 Å². The molecule has 2 atom stereocenters. The number of pyridine rings is 1. The van der Waals surface area contributed by atoms with E-state index in [4.69, 9.17) is 4.74 Å². The van der Waals surface area contributed by atoms with Gasteiger partial charge >= 0.3 is 5.97 Å². The molecule has 2 unspecified atom stereocenters. The summed E-state index contributed by atoms with van der Waals surface area (Å²) >= 11 is 0. The second-order valence-corrected chi connectivity index (χ2v) is 9.79. The summed E-state index contributed by atoms with van der Waals surface area (Å²) in [5, 5.41) is 2.75. The largest absolute Gasteiger partial charge is 0.467 e. The lowest BCUT2D eigenvalue weighted by Gasteiger charge is -2.42. The van der Waals surface area contributed by atoms with Crippen LogP contribution in [0.5, 0.6) is 0 Å². The van der Waals surface area contributed by atoms with Gasteiger partial charge in [-0.05, 0) is 42.7 Å². The quantitative estimate of drug-likeness (QED) is 0.557. The molecule has 38 heavy (non-hydrogen) atoms. The maximum Gasteiger partial charge on any atom is 0.328 e. The molecule has 1 saturated heterocycles. The molecule has 0 spiro atoms. The summed E-state index contributed by atoms with van der Waals surface area (Å²) in [5.41, 5.74) is 0.894. The molecule has 10 heteroatoms. The van der Waals surface area contributed by atoms with Gasteiger partial charge in [0.05, 0.1) is 13.7 Å². The van der Waals surface area contributed by atoms with Crippen LogP contribution in [0.1, 0.15) is 48.0 Å². The van der Waals surface area contributed by atoms with E-state index in [2.05, 4.69) is 10.3 Å². The molecule has 1 aliphatic heterocycles. The van der Waals surface area contributed by atoms with Crippen molar-refractivity contribution < 1.29 is 28.3 Å². The third kappa shape index (κ3) is 6.54. The van der Waals surface area contributed by atoms with Crippen molar-refractivity contribution in [2.24, 2.45) is 5.92 Å². The molecule has 2 aliphatic rings. The van der Waals surface area contributed by atoms with Crippen LogP contribution in [0.15, 0.2) is 48.8 Å². The maximum atomic E-state index is 13.8. The minimum atomic E-state index is -1.00. The Bertz CT molecular complexity index is 1150. The van der Waals surface area contributed by atoms with E-state index in [1.807, 2.05) is 0 Å². The van der Waals surface area contributed by atoms with E-state index in [1.54, 1.807) is 29.4 Å². The topological polar surface area (TPSA) is 109 Å². The zero-order valence-electron chi connectivity index (χ0n) is 21.5. The van der Waals surface area contributed by atoms with Gasteiger partial charge in [0, 0.05) is 43.4 Å². The van der Waals surface area contributed by atoms with Gasteiger partial charge in [-0.2, -0.15) is 0 Å². The number of aromatic nitrogens is 1. The number of methoxy groups -OCH3 is 1. The summed E-state index contributed by atoms with van der Waals surface area (Å²) in [5.74, 6) is -2.42. The van der Waals surface area contributed by atoms with Crippen LogP contribution in [0.3, 0.4) is 0 Å². The Balaban J connectivity index is 1.56. The smallest absolute Gasteiger partial charge is 0.328 e. The van der Waals surface area contributed by atoms with Crippen LogP contribution in [-0.2, 0) is 25.5 Å². The molecule has 9 nitrogen and oxygen atoms in total. The number of hydrogen-bond donors (Lipinski definition) is 1. The number of esters is 1. The molecule has 1 aromatic heterocycles. The Morgan fingerprint density at radius 2 is 1.89 bits per heavy atom. The highest BCUT2D eigenvalue weighted by molar-refractivity contribution is 5.96. The first kappa shape index (κ1) is 27.2. The molecule has 1 N–H and O–H groups in total. The molecular formula is C28H33FN4O5. The molecule has 2 fully saturated rings. The van der Waals surface area contributed by atoms with Crippen LogP contribution >= 0.6 is 0 Å². The molecular weight excluding hydrogens is 491 g/mol. The Hall–Kier alpha value is -3.82. The van der Waals surface area contributed by atoms with Gasteiger partial charge in [-0.25, -0.2) is 9.18 Å². The van der Waals surface area contributed by atoms with Crippen molar-refractivity contribution in [2.75, 3.05) is 26.7 Å². The zero-order valence-corrected chi connectivity index (χ0v) is 21.5. The number of amides is 3. The Labute approximate surface area is 221 Å². The number of carbonyl (C=O) groups excluding carboxylic acids is 4. The standard InChI is InChI=1S/C28H33FN4O5/c1-38-28(37)23(15-19-7-6-12-30-17-19)31-25(34)24-18-32(26(35)21-10-5-11-22(29)16-21)13-14-33(24)27(36)20-8-3-2-4-9-20/h5-7,10-12,16-17,20,23-24H,2-4,8-9,13-15,18H2,1H3,(H,31,34). The molecule has 202 valence electrons. The second kappa shape index (κ2) is 12.6. The van der Waals surface area contributed by atoms with Gasteiger partial charge in [0.15, 0.2) is 0 Å². The van der Waals surface area contributed by atoms with Crippen molar-refractivity contribution in [3.63, 3.8) is 0 Å². The summed E-state index contributed by atoms with van der Waals surface area (Å²) in [6.07, 6.45) is 7.89. The highest BCUT2D eigenvalue weighted by Crippen LogP contribution is 2.27. The lowest BCUT2D eigenvalue weighted by molar-refractivity contribution is -0.150. The summed E-state index contributed by atoms with van der Waals surface area (Å²) < 4.78 is 18.7. The van der Waals surface area contributed by atoms with E-state index in [1.165, 1.54) is 30.2 Å². The minimum absolute atomic E-state index is 0.0690. The number of nitrogens with zero attached hydrogens (tertiary/aromatic N) is 3. The number of piperazine rings is 1. The van der Waals surface area contributed by atoms with Gasteiger partial charge in [0.2, 0.25) is 11.8 Å². The summed E-state index contributed by atoms with van der Waals surface area (Å²) in [6.45, 7) is 0.314. The number of ether oxygens (including phenoxy) is 1. The van der Waals surface area contributed by atoms with Crippen LogP contribution in [0.2, 0.25) is 0 Å². The van der Waals surface area contributed by atoms with Crippen molar-refractivity contribution in [1.82, 2.24) is 20.1 Å². The third-order valence-corrected chi connectivity index (χ3v) is 7.24. The van der Waals surface area contributed by atoms with Gasteiger partial charge in [-0.15, -0.1) is 0 Å². The Kier molecular flexibility index (Phi) is 9.04. The number of benzene rings is 1. The number of halogens is 1. The average molecular weight is 525 g/mol. The van der Waals surface area contributed by atoms with E-state index >= 15 is 0 Å². The second-order valence-electron chi connectivity index (χ2n) is 9.79. The predicted octanol–water partition coefficient (Wildman–Crippen LogP) is 2.35. The van der Waals surface area contributed by atoms with Crippen LogP contribution in [0, 0.1) is 11.7 Å². The summed E-state index contributed by atoms with van der Waals surface area (Å²) in [4.78, 5) is 59.9. The molecule has 4 rings (SSSR count). The molecule has 1 aliphatic carbocycles. The van der Waals surface area contributed by atoms with Crippen LogP contribution in [-0.4, -0.2) is 77.3 Å². The van der Waals surface area contributed by atoms with Crippen LogP contribution in [0.25, 0.3) is 0 Å². The van der Waals surface area contributed by atoms with E-state index in [0.29, 0.717) is 0 Å². The van der Waals surface area contributed by atoms with Gasteiger partial charge in [0.1, 0.15) is 17.9 Å².